The Morgan fingerprint density at radius 2 is 2.03 bits per heavy atom. The molecule has 0 radical (unpaired) electrons. The van der Waals surface area contributed by atoms with Gasteiger partial charge in [0.05, 0.1) is 37.8 Å². The van der Waals surface area contributed by atoms with E-state index in [1.54, 1.807) is 23.1 Å². The van der Waals surface area contributed by atoms with E-state index in [1.807, 2.05) is 16.9 Å². The van der Waals surface area contributed by atoms with Gasteiger partial charge in [0.25, 0.3) is 0 Å². The lowest BCUT2D eigenvalue weighted by Crippen LogP contribution is -2.23. The highest BCUT2D eigenvalue weighted by atomic mass is 35.5. The molecule has 0 fully saturated rings. The first-order valence-corrected chi connectivity index (χ1v) is 12.3. The Balaban J connectivity index is 1.56. The molecule has 0 aliphatic heterocycles. The Kier molecular flexibility index (Phi) is 8.58. The Morgan fingerprint density at radius 3 is 2.68 bits per heavy atom. The molecule has 0 saturated heterocycles. The van der Waals surface area contributed by atoms with Gasteiger partial charge < -0.3 is 10.1 Å². The van der Waals surface area contributed by atoms with Gasteiger partial charge in [-0.15, -0.1) is 11.6 Å². The van der Waals surface area contributed by atoms with Crippen LogP contribution in [-0.4, -0.2) is 45.2 Å². The lowest BCUT2D eigenvalue weighted by Gasteiger charge is -2.13. The quantitative estimate of drug-likeness (QED) is 0.122. The molecule has 0 bridgehead atoms. The summed E-state index contributed by atoms with van der Waals surface area (Å²) in [5, 5.41) is 12.1. The van der Waals surface area contributed by atoms with Crippen LogP contribution in [0, 0.1) is 5.82 Å². The second-order valence-electron chi connectivity index (χ2n) is 8.14. The molecule has 37 heavy (non-hydrogen) atoms. The summed E-state index contributed by atoms with van der Waals surface area (Å²) in [7, 11) is 1.39. The Hall–Kier alpha value is -3.69. The van der Waals surface area contributed by atoms with E-state index in [0.29, 0.717) is 23.8 Å². The number of nitrogens with one attached hydrogen (secondary N) is 1. The van der Waals surface area contributed by atoms with Crippen molar-refractivity contribution in [1.29, 1.82) is 0 Å². The first-order valence-electron chi connectivity index (χ1n) is 11.4. The molecule has 1 unspecified atom stereocenters. The van der Waals surface area contributed by atoms with Crippen LogP contribution in [0.4, 0.5) is 10.2 Å². The third-order valence-electron chi connectivity index (χ3n) is 5.88. The van der Waals surface area contributed by atoms with Gasteiger partial charge in [-0.1, -0.05) is 35.9 Å². The third-order valence-corrected chi connectivity index (χ3v) is 6.36. The molecule has 2 aromatic carbocycles. The zero-order valence-electron chi connectivity index (χ0n) is 20.4. The number of benzene rings is 2. The number of hydrogen-bond acceptors (Lipinski definition) is 5. The van der Waals surface area contributed by atoms with E-state index in [4.69, 9.17) is 27.9 Å². The molecule has 0 spiro atoms. The number of nitrogens with zero attached hydrogens (tertiary/aromatic N) is 6. The minimum absolute atomic E-state index is 0.0429. The molecule has 1 N–H and O–H groups in total. The second kappa shape index (κ2) is 12.0. The van der Waals surface area contributed by atoms with Gasteiger partial charge in [-0.05, 0) is 43.0 Å². The number of halogens is 3. The summed E-state index contributed by atoms with van der Waals surface area (Å²) in [6.45, 7) is 6.19. The number of hydrogen-bond donors (Lipinski definition) is 1. The number of alkyl halides is 1. The van der Waals surface area contributed by atoms with Gasteiger partial charge in [0.1, 0.15) is 5.84 Å². The first-order chi connectivity index (χ1) is 17.9. The molecule has 8 nitrogen and oxygen atoms in total. The molecule has 0 saturated carbocycles. The van der Waals surface area contributed by atoms with Crippen molar-refractivity contribution in [1.82, 2.24) is 24.9 Å². The molecule has 2 heterocycles. The van der Waals surface area contributed by atoms with Crippen molar-refractivity contribution >= 4 is 41.6 Å². The Bertz CT molecular complexity index is 1380. The number of aromatic nitrogens is 4. The maximum atomic E-state index is 14.7. The smallest absolute Gasteiger partial charge is 0.184 e. The summed E-state index contributed by atoms with van der Waals surface area (Å²) >= 11 is 12.2. The van der Waals surface area contributed by atoms with Gasteiger partial charge in [0, 0.05) is 29.2 Å². The lowest BCUT2D eigenvalue weighted by molar-refractivity contribution is 0.384. The predicted molar refractivity (Wildman–Crippen MR) is 145 cm³/mol. The molecule has 4 rings (SSSR count). The molecule has 11 heteroatoms. The number of methoxy groups -OCH3 is 1. The van der Waals surface area contributed by atoms with E-state index in [9.17, 15) is 4.39 Å². The zero-order valence-corrected chi connectivity index (χ0v) is 21.9. The molecule has 1 atom stereocenters. The highest BCUT2D eigenvalue weighted by molar-refractivity contribution is 6.31. The highest BCUT2D eigenvalue weighted by Crippen LogP contribution is 2.28. The Morgan fingerprint density at radius 1 is 1.24 bits per heavy atom. The number of amidine groups is 1. The van der Waals surface area contributed by atoms with E-state index in [-0.39, 0.29) is 34.9 Å². The van der Waals surface area contributed by atoms with Crippen LogP contribution in [0.3, 0.4) is 0 Å². The summed E-state index contributed by atoms with van der Waals surface area (Å²) in [6, 6.07) is 13.4. The number of rotatable bonds is 10. The SMILES string of the molecule is C=Nc1nn(Cc2ccc(C(C)n3cccn3)cc2)cc1C(=NCc1c(Cl)ccc(OC)c1F)NCCl. The standard InChI is InChI=1S/C26H26Cl2FN7O/c1-17(36-12-4-11-33-36)19-7-5-18(6-8-19)14-35-15-21(25(30-2)34-35)26(32-16-27)31-13-20-22(28)9-10-23(37-3)24(20)29/h4-12,15,17H,2,13-14,16H2,1,3H3,(H,31,32). The van der Waals surface area contributed by atoms with Gasteiger partial charge in [-0.2, -0.15) is 10.2 Å². The third kappa shape index (κ3) is 6.00. The molecular weight excluding hydrogens is 516 g/mol. The van der Waals surface area contributed by atoms with Crippen LogP contribution in [0.1, 0.15) is 35.2 Å². The van der Waals surface area contributed by atoms with Gasteiger partial charge in [-0.3, -0.25) is 14.4 Å². The van der Waals surface area contributed by atoms with Gasteiger partial charge in [-0.25, -0.2) is 9.38 Å². The van der Waals surface area contributed by atoms with E-state index in [2.05, 4.69) is 63.4 Å². The molecule has 2 aromatic heterocycles. The number of ether oxygens (including phenoxy) is 1. The average Bonchev–Trinajstić information content (AvgIpc) is 3.58. The highest BCUT2D eigenvalue weighted by Gasteiger charge is 2.17. The predicted octanol–water partition coefficient (Wildman–Crippen LogP) is 5.60. The van der Waals surface area contributed by atoms with Crippen LogP contribution < -0.4 is 10.1 Å². The van der Waals surface area contributed by atoms with Crippen LogP contribution >= 0.6 is 23.2 Å². The zero-order chi connectivity index (χ0) is 26.4. The minimum atomic E-state index is -0.563. The van der Waals surface area contributed by atoms with Crippen molar-refractivity contribution in [3.05, 3.63) is 94.1 Å². The Labute approximate surface area is 224 Å². The largest absolute Gasteiger partial charge is 0.494 e. The molecule has 0 amide bonds. The normalized spacial score (nSPS) is 12.4. The molecular formula is C26H26Cl2FN7O. The topological polar surface area (TPSA) is 81.6 Å². The number of aliphatic imine (C=N–C) groups is 2. The summed E-state index contributed by atoms with van der Waals surface area (Å²) in [4.78, 5) is 8.57. The van der Waals surface area contributed by atoms with E-state index >= 15 is 0 Å². The van der Waals surface area contributed by atoms with Gasteiger partial charge in [0.2, 0.25) is 0 Å². The van der Waals surface area contributed by atoms with Crippen LogP contribution in [0.5, 0.6) is 5.75 Å². The molecule has 0 aliphatic carbocycles. The van der Waals surface area contributed by atoms with E-state index in [1.165, 1.54) is 13.2 Å². The van der Waals surface area contributed by atoms with Crippen molar-refractivity contribution in [2.24, 2.45) is 9.98 Å². The summed E-state index contributed by atoms with van der Waals surface area (Å²) in [6.07, 6.45) is 5.51. The van der Waals surface area contributed by atoms with Crippen molar-refractivity contribution in [3.63, 3.8) is 0 Å². The molecule has 192 valence electrons. The fourth-order valence-electron chi connectivity index (χ4n) is 3.86. The second-order valence-corrected chi connectivity index (χ2v) is 8.82. The molecule has 0 aliphatic rings. The summed E-state index contributed by atoms with van der Waals surface area (Å²) < 4.78 is 23.5. The average molecular weight is 542 g/mol. The molecule has 4 aromatic rings. The maximum absolute atomic E-state index is 14.7. The van der Waals surface area contributed by atoms with E-state index in [0.717, 1.165) is 11.1 Å². The van der Waals surface area contributed by atoms with Gasteiger partial charge >= 0.3 is 0 Å². The lowest BCUT2D eigenvalue weighted by atomic mass is 10.1. The fourth-order valence-corrected chi connectivity index (χ4v) is 4.20. The minimum Gasteiger partial charge on any atom is -0.494 e. The van der Waals surface area contributed by atoms with E-state index < -0.39 is 5.82 Å². The van der Waals surface area contributed by atoms with Crippen LogP contribution in [0.2, 0.25) is 5.02 Å². The van der Waals surface area contributed by atoms with Crippen molar-refractivity contribution < 1.29 is 9.13 Å². The van der Waals surface area contributed by atoms with Gasteiger partial charge in [0.15, 0.2) is 17.4 Å². The van der Waals surface area contributed by atoms with Crippen LogP contribution in [0.15, 0.2) is 71.0 Å². The van der Waals surface area contributed by atoms with Crippen molar-refractivity contribution in [3.8, 4) is 5.75 Å². The van der Waals surface area contributed by atoms with Crippen molar-refractivity contribution in [2.45, 2.75) is 26.1 Å². The monoisotopic (exact) mass is 541 g/mol. The summed E-state index contributed by atoms with van der Waals surface area (Å²) in [5.41, 5.74) is 2.99. The maximum Gasteiger partial charge on any atom is 0.184 e. The first kappa shape index (κ1) is 26.4. The van der Waals surface area contributed by atoms with Crippen molar-refractivity contribution in [2.75, 3.05) is 13.1 Å². The fraction of sp³-hybridized carbons (Fsp3) is 0.231. The summed E-state index contributed by atoms with van der Waals surface area (Å²) in [5.74, 6) is 0.294. The van der Waals surface area contributed by atoms with Crippen LogP contribution in [-0.2, 0) is 13.1 Å². The van der Waals surface area contributed by atoms with Crippen LogP contribution in [0.25, 0.3) is 0 Å².